The molecule has 0 aliphatic rings. The molecule has 130 valence electrons. The Morgan fingerprint density at radius 1 is 1.20 bits per heavy atom. The summed E-state index contributed by atoms with van der Waals surface area (Å²) in [5.74, 6) is 0.885. The van der Waals surface area contributed by atoms with Crippen molar-refractivity contribution < 1.29 is 4.79 Å². The number of nitrogens with zero attached hydrogens (tertiary/aromatic N) is 2. The van der Waals surface area contributed by atoms with Gasteiger partial charge in [-0.2, -0.15) is 0 Å². The maximum atomic E-state index is 12.5. The molecule has 0 radical (unpaired) electrons. The molecular formula is C19H21N3OS2. The molecule has 0 spiro atoms. The fraction of sp³-hybridized carbons (Fsp3) is 0.316. The largest absolute Gasteiger partial charge is 0.349 e. The molecule has 1 amide bonds. The van der Waals surface area contributed by atoms with Gasteiger partial charge in [-0.1, -0.05) is 55.9 Å². The van der Waals surface area contributed by atoms with E-state index in [9.17, 15) is 4.79 Å². The molecule has 0 bridgehead atoms. The highest BCUT2D eigenvalue weighted by Gasteiger charge is 2.16. The lowest BCUT2D eigenvalue weighted by molar-refractivity contribution is -0.119. The van der Waals surface area contributed by atoms with E-state index in [0.717, 1.165) is 27.2 Å². The van der Waals surface area contributed by atoms with Crippen LogP contribution in [0.25, 0.3) is 10.2 Å². The molecule has 3 aromatic rings. The van der Waals surface area contributed by atoms with Gasteiger partial charge in [-0.05, 0) is 29.3 Å². The van der Waals surface area contributed by atoms with Crippen molar-refractivity contribution in [2.75, 3.05) is 5.75 Å². The summed E-state index contributed by atoms with van der Waals surface area (Å²) in [6, 6.07) is 12.2. The van der Waals surface area contributed by atoms with Gasteiger partial charge in [-0.15, -0.1) is 11.3 Å². The minimum absolute atomic E-state index is 0.0292. The molecule has 4 nitrogen and oxygen atoms in total. The molecule has 2 aromatic heterocycles. The SMILES string of the molecule is CC(C)C[C@@H](NC(=O)CSc1ncnc2sccc12)c1ccccc1. The van der Waals surface area contributed by atoms with Crippen LogP contribution >= 0.6 is 23.1 Å². The Balaban J connectivity index is 1.64. The average Bonchev–Trinajstić information content (AvgIpc) is 3.09. The van der Waals surface area contributed by atoms with Crippen LogP contribution in [-0.2, 0) is 4.79 Å². The molecule has 3 rings (SSSR count). The van der Waals surface area contributed by atoms with Crippen molar-refractivity contribution in [1.29, 1.82) is 0 Å². The highest BCUT2D eigenvalue weighted by Crippen LogP contribution is 2.28. The van der Waals surface area contributed by atoms with Gasteiger partial charge in [-0.3, -0.25) is 4.79 Å². The number of aromatic nitrogens is 2. The van der Waals surface area contributed by atoms with Crippen LogP contribution in [0.4, 0.5) is 0 Å². The molecule has 0 unspecified atom stereocenters. The Kier molecular flexibility index (Phi) is 6.04. The fourth-order valence-corrected chi connectivity index (χ4v) is 4.28. The number of nitrogens with one attached hydrogen (secondary N) is 1. The van der Waals surface area contributed by atoms with Crippen LogP contribution < -0.4 is 5.32 Å². The van der Waals surface area contributed by atoms with Crippen LogP contribution in [0.2, 0.25) is 0 Å². The molecule has 2 heterocycles. The summed E-state index contributed by atoms with van der Waals surface area (Å²) in [6.45, 7) is 4.34. The van der Waals surface area contributed by atoms with E-state index in [1.54, 1.807) is 17.7 Å². The van der Waals surface area contributed by atoms with E-state index in [2.05, 4.69) is 41.3 Å². The summed E-state index contributed by atoms with van der Waals surface area (Å²) in [5, 5.41) is 7.06. The predicted molar refractivity (Wildman–Crippen MR) is 105 cm³/mol. The molecule has 0 fully saturated rings. The number of thiophene rings is 1. The number of amides is 1. The lowest BCUT2D eigenvalue weighted by atomic mass is 9.97. The van der Waals surface area contributed by atoms with E-state index in [4.69, 9.17) is 0 Å². The van der Waals surface area contributed by atoms with E-state index in [1.165, 1.54) is 11.8 Å². The molecule has 0 aliphatic carbocycles. The maximum Gasteiger partial charge on any atom is 0.230 e. The third-order valence-electron chi connectivity index (χ3n) is 3.81. The number of thioether (sulfide) groups is 1. The molecular weight excluding hydrogens is 350 g/mol. The fourth-order valence-electron chi connectivity index (χ4n) is 2.69. The maximum absolute atomic E-state index is 12.5. The lowest BCUT2D eigenvalue weighted by Crippen LogP contribution is -2.30. The van der Waals surface area contributed by atoms with Crippen LogP contribution in [0.15, 0.2) is 53.1 Å². The number of carbonyl (C=O) groups excluding carboxylic acids is 1. The molecule has 1 N–H and O–H groups in total. The predicted octanol–water partition coefficient (Wildman–Crippen LogP) is 4.69. The van der Waals surface area contributed by atoms with Gasteiger partial charge >= 0.3 is 0 Å². The van der Waals surface area contributed by atoms with Crippen molar-refractivity contribution in [3.63, 3.8) is 0 Å². The number of carbonyl (C=O) groups is 1. The summed E-state index contributed by atoms with van der Waals surface area (Å²) < 4.78 is 0. The summed E-state index contributed by atoms with van der Waals surface area (Å²) in [6.07, 6.45) is 2.48. The van der Waals surface area contributed by atoms with E-state index in [-0.39, 0.29) is 11.9 Å². The zero-order valence-corrected chi connectivity index (χ0v) is 15.9. The van der Waals surface area contributed by atoms with Crippen molar-refractivity contribution in [1.82, 2.24) is 15.3 Å². The molecule has 25 heavy (non-hydrogen) atoms. The number of hydrogen-bond acceptors (Lipinski definition) is 5. The van der Waals surface area contributed by atoms with Crippen molar-refractivity contribution in [2.45, 2.75) is 31.3 Å². The molecule has 1 atom stereocenters. The standard InChI is InChI=1S/C19H21N3OS2/c1-13(2)10-16(14-6-4-3-5-7-14)22-17(23)11-25-19-15-8-9-24-18(15)20-12-21-19/h3-9,12-13,16H,10-11H2,1-2H3,(H,22,23)/t16-/m1/s1. The van der Waals surface area contributed by atoms with Crippen LogP contribution in [-0.4, -0.2) is 21.6 Å². The van der Waals surface area contributed by atoms with Crippen LogP contribution in [0.3, 0.4) is 0 Å². The van der Waals surface area contributed by atoms with Gasteiger partial charge in [0.15, 0.2) is 0 Å². The summed E-state index contributed by atoms with van der Waals surface area (Å²) in [5.41, 5.74) is 1.15. The second-order valence-electron chi connectivity index (χ2n) is 6.27. The Bertz CT molecular complexity index is 833. The van der Waals surface area contributed by atoms with Gasteiger partial charge in [-0.25, -0.2) is 9.97 Å². The normalized spacial score (nSPS) is 12.4. The van der Waals surface area contributed by atoms with Gasteiger partial charge in [0.2, 0.25) is 5.91 Å². The third kappa shape index (κ3) is 4.80. The van der Waals surface area contributed by atoms with Gasteiger partial charge in [0.05, 0.1) is 11.8 Å². The first-order chi connectivity index (χ1) is 12.1. The van der Waals surface area contributed by atoms with E-state index in [0.29, 0.717) is 11.7 Å². The Hall–Kier alpha value is -1.92. The summed E-state index contributed by atoms with van der Waals surface area (Å²) in [7, 11) is 0. The second-order valence-corrected chi connectivity index (χ2v) is 8.13. The number of benzene rings is 1. The Morgan fingerprint density at radius 2 is 2.00 bits per heavy atom. The first-order valence-corrected chi connectivity index (χ1v) is 10.2. The number of hydrogen-bond donors (Lipinski definition) is 1. The summed E-state index contributed by atoms with van der Waals surface area (Å²) in [4.78, 5) is 22.0. The van der Waals surface area contributed by atoms with Crippen LogP contribution in [0, 0.1) is 5.92 Å². The zero-order chi connectivity index (χ0) is 17.6. The Labute approximate surface area is 156 Å². The third-order valence-corrected chi connectivity index (χ3v) is 5.64. The van der Waals surface area contributed by atoms with Gasteiger partial charge < -0.3 is 5.32 Å². The monoisotopic (exact) mass is 371 g/mol. The van der Waals surface area contributed by atoms with Crippen molar-refractivity contribution in [3.05, 3.63) is 53.7 Å². The van der Waals surface area contributed by atoms with Crippen molar-refractivity contribution >= 4 is 39.2 Å². The van der Waals surface area contributed by atoms with E-state index >= 15 is 0 Å². The number of rotatable bonds is 7. The highest BCUT2D eigenvalue weighted by atomic mass is 32.2. The minimum atomic E-state index is 0.0292. The van der Waals surface area contributed by atoms with Crippen LogP contribution in [0.1, 0.15) is 31.9 Å². The zero-order valence-electron chi connectivity index (χ0n) is 14.3. The minimum Gasteiger partial charge on any atom is -0.349 e. The number of fused-ring (bicyclic) bond motifs is 1. The van der Waals surface area contributed by atoms with Gasteiger partial charge in [0.25, 0.3) is 0 Å². The summed E-state index contributed by atoms with van der Waals surface area (Å²) >= 11 is 3.05. The van der Waals surface area contributed by atoms with E-state index in [1.807, 2.05) is 29.6 Å². The lowest BCUT2D eigenvalue weighted by Gasteiger charge is -2.21. The van der Waals surface area contributed by atoms with Crippen molar-refractivity contribution in [2.24, 2.45) is 5.92 Å². The van der Waals surface area contributed by atoms with Gasteiger partial charge in [0.1, 0.15) is 16.2 Å². The molecule has 6 heteroatoms. The first kappa shape index (κ1) is 17.9. The van der Waals surface area contributed by atoms with Crippen LogP contribution in [0.5, 0.6) is 0 Å². The average molecular weight is 372 g/mol. The topological polar surface area (TPSA) is 54.9 Å². The second kappa shape index (κ2) is 8.45. The molecule has 0 aliphatic heterocycles. The molecule has 0 saturated carbocycles. The quantitative estimate of drug-likeness (QED) is 0.484. The van der Waals surface area contributed by atoms with E-state index < -0.39 is 0 Å². The Morgan fingerprint density at radius 3 is 2.76 bits per heavy atom. The smallest absolute Gasteiger partial charge is 0.230 e. The highest BCUT2D eigenvalue weighted by molar-refractivity contribution is 8.00. The molecule has 0 saturated heterocycles. The first-order valence-electron chi connectivity index (χ1n) is 8.29. The van der Waals surface area contributed by atoms with Gasteiger partial charge in [0, 0.05) is 5.39 Å². The molecule has 1 aromatic carbocycles. The van der Waals surface area contributed by atoms with Crippen molar-refractivity contribution in [3.8, 4) is 0 Å².